The molecule has 10 heteroatoms. The number of aliphatic hydroxyl groups is 1. The number of aliphatic hydroxyl groups excluding tert-OH is 1. The zero-order valence-electron chi connectivity index (χ0n) is 22.2. The van der Waals surface area contributed by atoms with Gasteiger partial charge in [0, 0.05) is 41.5 Å². The predicted molar refractivity (Wildman–Crippen MR) is 154 cm³/mol. The van der Waals surface area contributed by atoms with E-state index in [4.69, 9.17) is 9.47 Å². The summed E-state index contributed by atoms with van der Waals surface area (Å²) in [6, 6.07) is 21.4. The monoisotopic (exact) mass is 571 g/mol. The number of thioether (sulfide) groups is 1. The van der Waals surface area contributed by atoms with Crippen molar-refractivity contribution in [2.45, 2.75) is 37.1 Å². The van der Waals surface area contributed by atoms with E-state index < -0.39 is 12.3 Å². The van der Waals surface area contributed by atoms with Gasteiger partial charge >= 0.3 is 5.97 Å². The molecule has 0 radical (unpaired) electrons. The standard InChI is InChI=1S/C31H29N3O6S/c1-19-26(18-41-29-25(30(37)38)5-3-15-33-29)39-31(40-27(19)21-8-6-20(17-35)7-9-21)22-10-12-24(13-11-22)34-28(36)23-4-2-14-32-16-23/h2-16,19,26-27,31,35H,17-18H2,1H3,(H,34,36)(H,37,38). The minimum Gasteiger partial charge on any atom is -0.478 e. The Kier molecular flexibility index (Phi) is 9.05. The largest absolute Gasteiger partial charge is 0.478 e. The summed E-state index contributed by atoms with van der Waals surface area (Å²) >= 11 is 1.34. The van der Waals surface area contributed by atoms with Gasteiger partial charge in [0.25, 0.3) is 5.91 Å². The van der Waals surface area contributed by atoms with Gasteiger partial charge in [0.2, 0.25) is 0 Å². The molecule has 1 aliphatic rings. The number of anilines is 1. The molecule has 4 atom stereocenters. The molecule has 1 saturated heterocycles. The molecule has 5 rings (SSSR count). The van der Waals surface area contributed by atoms with E-state index in [9.17, 15) is 19.8 Å². The van der Waals surface area contributed by atoms with Gasteiger partial charge in [0.05, 0.1) is 29.9 Å². The number of hydrogen-bond donors (Lipinski definition) is 3. The summed E-state index contributed by atoms with van der Waals surface area (Å²) in [6.07, 6.45) is 3.37. The van der Waals surface area contributed by atoms with Crippen molar-refractivity contribution in [2.75, 3.05) is 11.1 Å². The minimum absolute atomic E-state index is 0.0496. The number of carboxylic acid groups (broad SMARTS) is 1. The number of carbonyl (C=O) groups is 2. The number of carboxylic acids is 1. The second-order valence-corrected chi connectivity index (χ2v) is 10.6. The van der Waals surface area contributed by atoms with Crippen molar-refractivity contribution in [1.29, 1.82) is 0 Å². The first-order valence-electron chi connectivity index (χ1n) is 13.1. The fourth-order valence-corrected chi connectivity index (χ4v) is 5.71. The van der Waals surface area contributed by atoms with Crippen LogP contribution in [-0.2, 0) is 16.1 Å². The van der Waals surface area contributed by atoms with Crippen molar-refractivity contribution in [1.82, 2.24) is 9.97 Å². The smallest absolute Gasteiger partial charge is 0.338 e. The molecular formula is C31H29N3O6S. The minimum atomic E-state index is -1.03. The van der Waals surface area contributed by atoms with E-state index in [1.165, 1.54) is 24.0 Å². The summed E-state index contributed by atoms with van der Waals surface area (Å²) in [6.45, 7) is 1.99. The molecule has 1 amide bonds. The molecule has 9 nitrogen and oxygen atoms in total. The lowest BCUT2D eigenvalue weighted by atomic mass is 9.91. The highest BCUT2D eigenvalue weighted by Gasteiger charge is 2.38. The summed E-state index contributed by atoms with van der Waals surface area (Å²) in [5.74, 6) is -0.905. The van der Waals surface area contributed by atoms with Crippen LogP contribution < -0.4 is 5.32 Å². The first-order valence-corrected chi connectivity index (χ1v) is 14.0. The second-order valence-electron chi connectivity index (χ2n) is 9.61. The lowest BCUT2D eigenvalue weighted by Crippen LogP contribution is -2.38. The third-order valence-electron chi connectivity index (χ3n) is 6.87. The van der Waals surface area contributed by atoms with E-state index in [2.05, 4.69) is 15.3 Å². The maximum Gasteiger partial charge on any atom is 0.338 e. The van der Waals surface area contributed by atoms with Crippen LogP contribution in [0.15, 0.2) is 96.4 Å². The molecule has 0 bridgehead atoms. The van der Waals surface area contributed by atoms with Crippen molar-refractivity contribution >= 4 is 29.3 Å². The summed E-state index contributed by atoms with van der Waals surface area (Å²) in [7, 11) is 0. The van der Waals surface area contributed by atoms with Crippen molar-refractivity contribution in [3.05, 3.63) is 119 Å². The fraction of sp³-hybridized carbons (Fsp3) is 0.226. The third-order valence-corrected chi connectivity index (χ3v) is 7.97. The number of pyridine rings is 2. The molecule has 41 heavy (non-hydrogen) atoms. The SMILES string of the molecule is CC1C(CSc2ncccc2C(=O)O)OC(c2ccc(NC(=O)c3cccnc3)cc2)OC1c1ccc(CO)cc1. The van der Waals surface area contributed by atoms with Crippen molar-refractivity contribution in [3.8, 4) is 0 Å². The van der Waals surface area contributed by atoms with Crippen molar-refractivity contribution < 1.29 is 29.3 Å². The molecule has 3 heterocycles. The normalized spacial score (nSPS) is 20.3. The number of rotatable bonds is 9. The van der Waals surface area contributed by atoms with Crippen LogP contribution in [0.1, 0.15) is 56.7 Å². The number of aromatic nitrogens is 2. The number of hydrogen-bond acceptors (Lipinski definition) is 8. The first kappa shape index (κ1) is 28.4. The molecule has 0 aliphatic carbocycles. The van der Waals surface area contributed by atoms with E-state index in [0.29, 0.717) is 22.0 Å². The molecule has 1 fully saturated rings. The van der Waals surface area contributed by atoms with Gasteiger partial charge in [-0.2, -0.15) is 0 Å². The van der Waals surface area contributed by atoms with Gasteiger partial charge in [-0.3, -0.25) is 9.78 Å². The Hall–Kier alpha value is -4.09. The highest BCUT2D eigenvalue weighted by Crippen LogP contribution is 2.43. The third kappa shape index (κ3) is 6.80. The van der Waals surface area contributed by atoms with Crippen LogP contribution >= 0.6 is 11.8 Å². The Bertz CT molecular complexity index is 1480. The highest BCUT2D eigenvalue weighted by atomic mass is 32.2. The zero-order chi connectivity index (χ0) is 28.8. The van der Waals surface area contributed by atoms with Crippen molar-refractivity contribution in [3.63, 3.8) is 0 Å². The molecule has 0 saturated carbocycles. The van der Waals surface area contributed by atoms with Crippen LogP contribution in [-0.4, -0.2) is 43.9 Å². The molecular weight excluding hydrogens is 542 g/mol. The maximum absolute atomic E-state index is 12.5. The number of benzene rings is 2. The van der Waals surface area contributed by atoms with E-state index in [0.717, 1.165) is 16.7 Å². The summed E-state index contributed by atoms with van der Waals surface area (Å²) in [5, 5.41) is 22.3. The molecule has 4 aromatic rings. The molecule has 0 spiro atoms. The number of nitrogens with zero attached hydrogens (tertiary/aromatic N) is 2. The molecule has 3 N–H and O–H groups in total. The Balaban J connectivity index is 1.36. The van der Waals surface area contributed by atoms with Crippen molar-refractivity contribution in [2.24, 2.45) is 5.92 Å². The predicted octanol–water partition coefficient (Wildman–Crippen LogP) is 5.50. The lowest BCUT2D eigenvalue weighted by Gasteiger charge is -2.41. The van der Waals surface area contributed by atoms with Gasteiger partial charge in [0.1, 0.15) is 5.03 Å². The van der Waals surface area contributed by atoms with E-state index >= 15 is 0 Å². The van der Waals surface area contributed by atoms with Crippen LogP contribution in [0.4, 0.5) is 5.69 Å². The lowest BCUT2D eigenvalue weighted by molar-refractivity contribution is -0.268. The average molecular weight is 572 g/mol. The molecule has 1 aliphatic heterocycles. The number of ether oxygens (including phenoxy) is 2. The van der Waals surface area contributed by atoms with Gasteiger partial charge in [-0.1, -0.05) is 43.3 Å². The van der Waals surface area contributed by atoms with E-state index in [1.54, 1.807) is 42.7 Å². The number of nitrogens with one attached hydrogen (secondary N) is 1. The number of amides is 1. The summed E-state index contributed by atoms with van der Waals surface area (Å²) in [4.78, 5) is 32.5. The quantitative estimate of drug-likeness (QED) is 0.223. The first-order chi connectivity index (χ1) is 19.9. The summed E-state index contributed by atoms with van der Waals surface area (Å²) < 4.78 is 12.9. The van der Waals surface area contributed by atoms with Crippen LogP contribution in [0.3, 0.4) is 0 Å². The van der Waals surface area contributed by atoms with Gasteiger partial charge in [-0.25, -0.2) is 9.78 Å². The Morgan fingerprint density at radius 2 is 1.68 bits per heavy atom. The van der Waals surface area contributed by atoms with E-state index in [1.807, 2.05) is 43.3 Å². The Morgan fingerprint density at radius 3 is 2.37 bits per heavy atom. The second kappa shape index (κ2) is 13.0. The topological polar surface area (TPSA) is 131 Å². The average Bonchev–Trinajstić information content (AvgIpc) is 3.01. The van der Waals surface area contributed by atoms with Crippen LogP contribution in [0.2, 0.25) is 0 Å². The van der Waals surface area contributed by atoms with Crippen LogP contribution in [0, 0.1) is 5.92 Å². The fourth-order valence-electron chi connectivity index (χ4n) is 4.56. The maximum atomic E-state index is 12.5. The molecule has 4 unspecified atom stereocenters. The Morgan fingerprint density at radius 1 is 0.951 bits per heavy atom. The van der Waals surface area contributed by atoms with E-state index in [-0.39, 0.29) is 36.2 Å². The zero-order valence-corrected chi connectivity index (χ0v) is 23.0. The molecule has 2 aromatic carbocycles. The Labute approximate surface area is 241 Å². The number of carbonyl (C=O) groups excluding carboxylic acids is 1. The molecule has 2 aromatic heterocycles. The molecule has 210 valence electrons. The van der Waals surface area contributed by atoms with Gasteiger partial charge in [-0.05, 0) is 47.5 Å². The van der Waals surface area contributed by atoms with Gasteiger partial charge in [-0.15, -0.1) is 11.8 Å². The van der Waals surface area contributed by atoms with Crippen LogP contribution in [0.25, 0.3) is 0 Å². The van der Waals surface area contributed by atoms with Gasteiger partial charge < -0.3 is 25.0 Å². The number of aromatic carboxylic acids is 1. The summed E-state index contributed by atoms with van der Waals surface area (Å²) in [5.41, 5.74) is 3.74. The highest BCUT2D eigenvalue weighted by molar-refractivity contribution is 7.99. The van der Waals surface area contributed by atoms with Crippen LogP contribution in [0.5, 0.6) is 0 Å². The van der Waals surface area contributed by atoms with Gasteiger partial charge in [0.15, 0.2) is 6.29 Å².